The van der Waals surface area contributed by atoms with Crippen molar-refractivity contribution < 1.29 is 9.84 Å². The van der Waals surface area contributed by atoms with Crippen LogP contribution in [0.25, 0.3) is 0 Å². The number of ether oxygens (including phenoxy) is 1. The molecule has 2 aromatic rings. The summed E-state index contributed by atoms with van der Waals surface area (Å²) in [5, 5.41) is 9.71. The second-order valence-electron chi connectivity index (χ2n) is 3.68. The second kappa shape index (κ2) is 5.17. The van der Waals surface area contributed by atoms with Crippen LogP contribution in [0.3, 0.4) is 0 Å². The number of rotatable bonds is 3. The number of halogens is 1. The third-order valence-electron chi connectivity index (χ3n) is 2.34. The van der Waals surface area contributed by atoms with Crippen LogP contribution in [0.2, 0.25) is 5.02 Å². The molecule has 0 spiro atoms. The molecule has 0 unspecified atom stereocenters. The summed E-state index contributed by atoms with van der Waals surface area (Å²) < 4.78 is 5.68. The molecule has 3 nitrogen and oxygen atoms in total. The van der Waals surface area contributed by atoms with E-state index < -0.39 is 0 Å². The predicted octanol–water partition coefficient (Wildman–Crippen LogP) is 3.33. The molecule has 0 bridgehead atoms. The summed E-state index contributed by atoms with van der Waals surface area (Å²) in [5.41, 5.74) is 1.69. The van der Waals surface area contributed by atoms with E-state index in [1.807, 2.05) is 19.1 Å². The van der Waals surface area contributed by atoms with Crippen molar-refractivity contribution in [2.45, 2.75) is 13.5 Å². The molecule has 1 aromatic heterocycles. The molecule has 0 aliphatic carbocycles. The van der Waals surface area contributed by atoms with Crippen molar-refractivity contribution in [1.82, 2.24) is 4.98 Å². The van der Waals surface area contributed by atoms with Gasteiger partial charge < -0.3 is 9.84 Å². The molecule has 4 heteroatoms. The van der Waals surface area contributed by atoms with Gasteiger partial charge in [0.1, 0.15) is 11.5 Å². The van der Waals surface area contributed by atoms with Crippen molar-refractivity contribution in [3.8, 4) is 11.5 Å². The van der Waals surface area contributed by atoms with E-state index in [-0.39, 0.29) is 6.61 Å². The van der Waals surface area contributed by atoms with Gasteiger partial charge in [-0.2, -0.15) is 0 Å². The quantitative estimate of drug-likeness (QED) is 0.907. The monoisotopic (exact) mass is 249 g/mol. The van der Waals surface area contributed by atoms with Gasteiger partial charge in [0.2, 0.25) is 0 Å². The van der Waals surface area contributed by atoms with Crippen LogP contribution in [0.1, 0.15) is 11.1 Å². The molecular formula is C13H12ClNO2. The van der Waals surface area contributed by atoms with Crippen LogP contribution in [0.4, 0.5) is 0 Å². The highest BCUT2D eigenvalue weighted by Crippen LogP contribution is 2.31. The van der Waals surface area contributed by atoms with Crippen LogP contribution in [0.15, 0.2) is 36.7 Å². The maximum absolute atomic E-state index is 9.17. The number of aryl methyl sites for hydroxylation is 1. The zero-order valence-electron chi connectivity index (χ0n) is 9.35. The Morgan fingerprint density at radius 1 is 1.29 bits per heavy atom. The van der Waals surface area contributed by atoms with Crippen molar-refractivity contribution in [2.24, 2.45) is 0 Å². The lowest BCUT2D eigenvalue weighted by Crippen LogP contribution is -1.93. The van der Waals surface area contributed by atoms with Gasteiger partial charge in [-0.15, -0.1) is 0 Å². The largest absolute Gasteiger partial charge is 0.455 e. The van der Waals surface area contributed by atoms with Gasteiger partial charge in [0.25, 0.3) is 0 Å². The first-order valence-electron chi connectivity index (χ1n) is 5.18. The molecule has 0 aliphatic rings. The summed E-state index contributed by atoms with van der Waals surface area (Å²) in [4.78, 5) is 3.92. The Kier molecular flexibility index (Phi) is 3.61. The summed E-state index contributed by atoms with van der Waals surface area (Å²) in [5.74, 6) is 1.14. The summed E-state index contributed by atoms with van der Waals surface area (Å²) in [6.45, 7) is 1.84. The highest BCUT2D eigenvalue weighted by atomic mass is 35.5. The number of nitrogens with zero attached hydrogens (tertiary/aromatic N) is 1. The Morgan fingerprint density at radius 2 is 2.12 bits per heavy atom. The average molecular weight is 250 g/mol. The van der Waals surface area contributed by atoms with Gasteiger partial charge in [-0.3, -0.25) is 4.98 Å². The fourth-order valence-corrected chi connectivity index (χ4v) is 1.60. The Morgan fingerprint density at radius 3 is 2.88 bits per heavy atom. The molecule has 0 fully saturated rings. The maximum atomic E-state index is 9.17. The van der Waals surface area contributed by atoms with Gasteiger partial charge in [0, 0.05) is 18.0 Å². The highest BCUT2D eigenvalue weighted by Gasteiger charge is 2.07. The zero-order chi connectivity index (χ0) is 12.3. The number of benzene rings is 1. The minimum absolute atomic E-state index is 0.118. The SMILES string of the molecule is Cc1ccc(Cl)c(Oc2ccncc2CO)c1. The molecule has 0 amide bonds. The van der Waals surface area contributed by atoms with Crippen LogP contribution in [0.5, 0.6) is 11.5 Å². The number of aliphatic hydroxyl groups is 1. The van der Waals surface area contributed by atoms with E-state index in [4.69, 9.17) is 21.4 Å². The number of aliphatic hydroxyl groups excluding tert-OH is 1. The Hall–Kier alpha value is -1.58. The van der Waals surface area contributed by atoms with Crippen molar-refractivity contribution in [3.63, 3.8) is 0 Å². The fourth-order valence-electron chi connectivity index (χ4n) is 1.44. The predicted molar refractivity (Wildman–Crippen MR) is 66.4 cm³/mol. The number of pyridine rings is 1. The number of hydrogen-bond acceptors (Lipinski definition) is 3. The summed E-state index contributed by atoms with van der Waals surface area (Å²) in [6.07, 6.45) is 3.18. The minimum Gasteiger partial charge on any atom is -0.455 e. The van der Waals surface area contributed by atoms with Gasteiger partial charge in [-0.25, -0.2) is 0 Å². The molecule has 0 atom stereocenters. The Balaban J connectivity index is 2.34. The molecule has 1 N–H and O–H groups in total. The Bertz CT molecular complexity index is 529. The lowest BCUT2D eigenvalue weighted by molar-refractivity contribution is 0.276. The van der Waals surface area contributed by atoms with Gasteiger partial charge in [-0.1, -0.05) is 17.7 Å². The lowest BCUT2D eigenvalue weighted by atomic mass is 10.2. The summed E-state index contributed by atoms with van der Waals surface area (Å²) >= 11 is 6.04. The molecule has 1 aromatic carbocycles. The van der Waals surface area contributed by atoms with Crippen LogP contribution >= 0.6 is 11.6 Å². The fraction of sp³-hybridized carbons (Fsp3) is 0.154. The topological polar surface area (TPSA) is 42.4 Å². The van der Waals surface area contributed by atoms with Gasteiger partial charge in [0.05, 0.1) is 11.6 Å². The normalized spacial score (nSPS) is 10.3. The van der Waals surface area contributed by atoms with Crippen LogP contribution in [0, 0.1) is 6.92 Å². The van der Waals surface area contributed by atoms with E-state index in [9.17, 15) is 0 Å². The second-order valence-corrected chi connectivity index (χ2v) is 4.08. The van der Waals surface area contributed by atoms with Crippen molar-refractivity contribution in [1.29, 1.82) is 0 Å². The van der Waals surface area contributed by atoms with E-state index in [0.29, 0.717) is 22.1 Å². The highest BCUT2D eigenvalue weighted by molar-refractivity contribution is 6.32. The van der Waals surface area contributed by atoms with Gasteiger partial charge >= 0.3 is 0 Å². The lowest BCUT2D eigenvalue weighted by Gasteiger charge is -2.10. The molecule has 0 radical (unpaired) electrons. The molecule has 2 rings (SSSR count). The first kappa shape index (κ1) is 11.9. The third kappa shape index (κ3) is 2.75. The minimum atomic E-state index is -0.118. The third-order valence-corrected chi connectivity index (χ3v) is 2.65. The molecule has 17 heavy (non-hydrogen) atoms. The zero-order valence-corrected chi connectivity index (χ0v) is 10.1. The Labute approximate surface area is 105 Å². The van der Waals surface area contributed by atoms with Crippen molar-refractivity contribution in [2.75, 3.05) is 0 Å². The summed E-state index contributed by atoms with van der Waals surface area (Å²) in [6, 6.07) is 7.24. The molecule has 0 saturated heterocycles. The van der Waals surface area contributed by atoms with Crippen molar-refractivity contribution in [3.05, 3.63) is 52.8 Å². The van der Waals surface area contributed by atoms with E-state index in [1.165, 1.54) is 0 Å². The van der Waals surface area contributed by atoms with Crippen LogP contribution < -0.4 is 4.74 Å². The number of hydrogen-bond donors (Lipinski definition) is 1. The molecule has 0 aliphatic heterocycles. The van der Waals surface area contributed by atoms with E-state index in [1.54, 1.807) is 24.5 Å². The number of aromatic nitrogens is 1. The van der Waals surface area contributed by atoms with Gasteiger partial charge in [0.15, 0.2) is 0 Å². The van der Waals surface area contributed by atoms with Gasteiger partial charge in [-0.05, 0) is 30.7 Å². The molecule has 1 heterocycles. The van der Waals surface area contributed by atoms with E-state index >= 15 is 0 Å². The standard InChI is InChI=1S/C13H12ClNO2/c1-9-2-3-11(14)13(6-9)17-12-4-5-15-7-10(12)8-16/h2-7,16H,8H2,1H3. The van der Waals surface area contributed by atoms with E-state index in [2.05, 4.69) is 4.98 Å². The smallest absolute Gasteiger partial charge is 0.146 e. The van der Waals surface area contributed by atoms with Crippen LogP contribution in [-0.4, -0.2) is 10.1 Å². The molecular weight excluding hydrogens is 238 g/mol. The maximum Gasteiger partial charge on any atom is 0.146 e. The average Bonchev–Trinajstić information content (AvgIpc) is 2.34. The molecule has 0 saturated carbocycles. The first-order valence-corrected chi connectivity index (χ1v) is 5.56. The van der Waals surface area contributed by atoms with Crippen LogP contribution in [-0.2, 0) is 6.61 Å². The summed E-state index contributed by atoms with van der Waals surface area (Å²) in [7, 11) is 0. The van der Waals surface area contributed by atoms with Crippen molar-refractivity contribution >= 4 is 11.6 Å². The molecule has 88 valence electrons. The first-order chi connectivity index (χ1) is 8.20. The van der Waals surface area contributed by atoms with E-state index in [0.717, 1.165) is 5.56 Å².